The maximum atomic E-state index is 14.4. The van der Waals surface area contributed by atoms with Gasteiger partial charge in [0.25, 0.3) is 0 Å². The van der Waals surface area contributed by atoms with Crippen LogP contribution in [0.4, 0.5) is 10.1 Å². The molecule has 5 nitrogen and oxygen atoms in total. The molecule has 0 aromatic heterocycles. The van der Waals surface area contributed by atoms with Crippen molar-refractivity contribution in [1.29, 1.82) is 0 Å². The van der Waals surface area contributed by atoms with Gasteiger partial charge in [0, 0.05) is 31.7 Å². The smallest absolute Gasteiger partial charge is 0.236 e. The average molecular weight is 412 g/mol. The molecule has 1 aliphatic heterocycles. The number of nitrogens with zero attached hydrogens (tertiary/aromatic N) is 3. The molecule has 2 aromatic carbocycles. The predicted molar refractivity (Wildman–Crippen MR) is 117 cm³/mol. The van der Waals surface area contributed by atoms with Gasteiger partial charge in [0.2, 0.25) is 5.91 Å². The largest absolute Gasteiger partial charge is 0.366 e. The van der Waals surface area contributed by atoms with Gasteiger partial charge >= 0.3 is 0 Å². The van der Waals surface area contributed by atoms with Crippen molar-refractivity contribution >= 4 is 17.4 Å². The third-order valence-corrected chi connectivity index (χ3v) is 5.58. The molecule has 1 saturated heterocycles. The summed E-state index contributed by atoms with van der Waals surface area (Å²) in [4.78, 5) is 29.9. The van der Waals surface area contributed by atoms with E-state index in [0.29, 0.717) is 44.0 Å². The SMILES string of the molecule is CC(=O)c1ccc(N2CCN(C(=O)CN(C)CCCc3ccccc3)CC2)c(F)c1. The third-order valence-electron chi connectivity index (χ3n) is 5.58. The highest BCUT2D eigenvalue weighted by Crippen LogP contribution is 2.22. The van der Waals surface area contributed by atoms with Gasteiger partial charge in [0.1, 0.15) is 5.82 Å². The van der Waals surface area contributed by atoms with Crippen LogP contribution < -0.4 is 4.90 Å². The molecule has 0 aliphatic carbocycles. The first-order chi connectivity index (χ1) is 14.4. The second-order valence-corrected chi connectivity index (χ2v) is 7.92. The second-order valence-electron chi connectivity index (χ2n) is 7.92. The number of likely N-dealkylation sites (N-methyl/N-ethyl adjacent to an activating group) is 1. The fourth-order valence-electron chi connectivity index (χ4n) is 3.79. The molecule has 1 fully saturated rings. The normalized spacial score (nSPS) is 14.3. The van der Waals surface area contributed by atoms with Crippen LogP contribution in [0.1, 0.15) is 29.3 Å². The summed E-state index contributed by atoms with van der Waals surface area (Å²) < 4.78 is 14.4. The number of amides is 1. The predicted octanol–water partition coefficient (Wildman–Crippen LogP) is 3.24. The lowest BCUT2D eigenvalue weighted by Gasteiger charge is -2.37. The second kappa shape index (κ2) is 10.3. The molecular formula is C24H30FN3O2. The number of halogens is 1. The van der Waals surface area contributed by atoms with Gasteiger partial charge in [-0.15, -0.1) is 0 Å². The van der Waals surface area contributed by atoms with Gasteiger partial charge in [0.05, 0.1) is 12.2 Å². The Bertz CT molecular complexity index is 864. The van der Waals surface area contributed by atoms with Crippen LogP contribution in [-0.2, 0) is 11.2 Å². The highest BCUT2D eigenvalue weighted by atomic mass is 19.1. The van der Waals surface area contributed by atoms with Crippen LogP contribution in [0.3, 0.4) is 0 Å². The van der Waals surface area contributed by atoms with Crippen LogP contribution in [0, 0.1) is 5.82 Å². The van der Waals surface area contributed by atoms with Crippen molar-refractivity contribution in [2.45, 2.75) is 19.8 Å². The maximum absolute atomic E-state index is 14.4. The highest BCUT2D eigenvalue weighted by Gasteiger charge is 2.23. The van der Waals surface area contributed by atoms with E-state index in [9.17, 15) is 14.0 Å². The maximum Gasteiger partial charge on any atom is 0.236 e. The molecule has 1 heterocycles. The molecule has 2 aromatic rings. The van der Waals surface area contributed by atoms with E-state index in [1.54, 1.807) is 12.1 Å². The zero-order chi connectivity index (χ0) is 21.5. The molecule has 0 atom stereocenters. The molecule has 0 radical (unpaired) electrons. The van der Waals surface area contributed by atoms with Crippen LogP contribution in [0.15, 0.2) is 48.5 Å². The van der Waals surface area contributed by atoms with Crippen molar-refractivity contribution in [1.82, 2.24) is 9.80 Å². The van der Waals surface area contributed by atoms with Crippen molar-refractivity contribution in [2.75, 3.05) is 51.2 Å². The summed E-state index contributed by atoms with van der Waals surface area (Å²) in [6.07, 6.45) is 2.02. The van der Waals surface area contributed by atoms with Gasteiger partial charge < -0.3 is 9.80 Å². The molecule has 0 N–H and O–H groups in total. The molecule has 30 heavy (non-hydrogen) atoms. The molecule has 0 unspecified atom stereocenters. The zero-order valence-electron chi connectivity index (χ0n) is 17.8. The number of piperazine rings is 1. The minimum Gasteiger partial charge on any atom is -0.366 e. The van der Waals surface area contributed by atoms with Crippen molar-refractivity contribution in [3.63, 3.8) is 0 Å². The van der Waals surface area contributed by atoms with Gasteiger partial charge in [-0.3, -0.25) is 14.5 Å². The first-order valence-electron chi connectivity index (χ1n) is 10.5. The number of ketones is 1. The van der Waals surface area contributed by atoms with Crippen molar-refractivity contribution in [3.05, 3.63) is 65.5 Å². The number of benzene rings is 2. The Balaban J connectivity index is 1.43. The third kappa shape index (κ3) is 5.89. The number of hydrogen-bond acceptors (Lipinski definition) is 4. The van der Waals surface area contributed by atoms with Crippen LogP contribution >= 0.6 is 0 Å². The standard InChI is InChI=1S/C24H30FN3O2/c1-19(29)21-10-11-23(22(25)17-21)27-13-15-28(16-14-27)24(30)18-26(2)12-6-9-20-7-4-3-5-8-20/h3-5,7-8,10-11,17H,6,9,12-16,18H2,1-2H3. The number of aryl methyl sites for hydroxylation is 1. The van der Waals surface area contributed by atoms with E-state index in [1.165, 1.54) is 18.6 Å². The molecule has 0 saturated carbocycles. The topological polar surface area (TPSA) is 43.9 Å². The molecule has 1 amide bonds. The Labute approximate surface area is 178 Å². The molecule has 160 valence electrons. The highest BCUT2D eigenvalue weighted by molar-refractivity contribution is 5.94. The van der Waals surface area contributed by atoms with Gasteiger partial charge in [-0.25, -0.2) is 4.39 Å². The van der Waals surface area contributed by atoms with E-state index in [2.05, 4.69) is 17.0 Å². The van der Waals surface area contributed by atoms with Crippen molar-refractivity contribution in [2.24, 2.45) is 0 Å². The van der Waals surface area contributed by atoms with Gasteiger partial charge in [-0.05, 0) is 57.1 Å². The summed E-state index contributed by atoms with van der Waals surface area (Å²) in [5, 5.41) is 0. The summed E-state index contributed by atoms with van der Waals surface area (Å²) in [5.74, 6) is -0.423. The summed E-state index contributed by atoms with van der Waals surface area (Å²) in [6, 6.07) is 15.0. The van der Waals surface area contributed by atoms with E-state index in [0.717, 1.165) is 19.4 Å². The van der Waals surface area contributed by atoms with Gasteiger partial charge in [0.15, 0.2) is 5.78 Å². The van der Waals surface area contributed by atoms with Gasteiger partial charge in [-0.2, -0.15) is 0 Å². The molecular weight excluding hydrogens is 381 g/mol. The lowest BCUT2D eigenvalue weighted by atomic mass is 10.1. The fourth-order valence-corrected chi connectivity index (χ4v) is 3.79. The molecule has 0 bridgehead atoms. The summed E-state index contributed by atoms with van der Waals surface area (Å²) in [7, 11) is 1.98. The van der Waals surface area contributed by atoms with Crippen molar-refractivity contribution < 1.29 is 14.0 Å². The molecule has 6 heteroatoms. The average Bonchev–Trinajstić information content (AvgIpc) is 2.74. The van der Waals surface area contributed by atoms with E-state index in [1.807, 2.05) is 35.0 Å². The first kappa shape index (κ1) is 22.0. The lowest BCUT2D eigenvalue weighted by Crippen LogP contribution is -2.51. The van der Waals surface area contributed by atoms with Crippen LogP contribution in [-0.4, -0.2) is 67.8 Å². The Kier molecular flexibility index (Phi) is 7.57. The number of anilines is 1. The Morgan fingerprint density at radius 1 is 1.03 bits per heavy atom. The summed E-state index contributed by atoms with van der Waals surface area (Å²) >= 11 is 0. The lowest BCUT2D eigenvalue weighted by molar-refractivity contribution is -0.132. The number of carbonyl (C=O) groups is 2. The number of carbonyl (C=O) groups excluding carboxylic acids is 2. The Morgan fingerprint density at radius 2 is 1.73 bits per heavy atom. The fraction of sp³-hybridized carbons (Fsp3) is 0.417. The van der Waals surface area contributed by atoms with Crippen LogP contribution in [0.25, 0.3) is 0 Å². The minimum atomic E-state index is -0.388. The monoisotopic (exact) mass is 411 g/mol. The van der Waals surface area contributed by atoms with E-state index in [4.69, 9.17) is 0 Å². The molecule has 0 spiro atoms. The number of Topliss-reactive ketones (excluding diaryl/α,β-unsaturated/α-hetero) is 1. The minimum absolute atomic E-state index is 0.115. The summed E-state index contributed by atoms with van der Waals surface area (Å²) in [5.41, 5.74) is 2.18. The zero-order valence-corrected chi connectivity index (χ0v) is 17.8. The van der Waals surface area contributed by atoms with Crippen molar-refractivity contribution in [3.8, 4) is 0 Å². The van der Waals surface area contributed by atoms with E-state index < -0.39 is 0 Å². The van der Waals surface area contributed by atoms with E-state index in [-0.39, 0.29) is 17.5 Å². The quantitative estimate of drug-likeness (QED) is 0.626. The number of rotatable bonds is 8. The summed E-state index contributed by atoms with van der Waals surface area (Å²) in [6.45, 7) is 5.01. The van der Waals surface area contributed by atoms with Crippen LogP contribution in [0.5, 0.6) is 0 Å². The number of hydrogen-bond donors (Lipinski definition) is 0. The molecule has 3 rings (SSSR count). The Morgan fingerprint density at radius 3 is 2.37 bits per heavy atom. The van der Waals surface area contributed by atoms with E-state index >= 15 is 0 Å². The van der Waals surface area contributed by atoms with Crippen LogP contribution in [0.2, 0.25) is 0 Å². The van der Waals surface area contributed by atoms with Gasteiger partial charge in [-0.1, -0.05) is 30.3 Å². The first-order valence-corrected chi connectivity index (χ1v) is 10.5. The Hall–Kier alpha value is -2.73. The molecule has 1 aliphatic rings.